The summed E-state index contributed by atoms with van der Waals surface area (Å²) < 4.78 is 5.07. The van der Waals surface area contributed by atoms with E-state index in [1.54, 1.807) is 25.3 Å². The lowest BCUT2D eigenvalue weighted by atomic mass is 10.1. The lowest BCUT2D eigenvalue weighted by molar-refractivity contribution is 0.102. The normalized spacial score (nSPS) is 10.2. The number of nitrogen functional groups attached to an aromatic ring is 1. The van der Waals surface area contributed by atoms with Crippen LogP contribution >= 0.6 is 0 Å². The van der Waals surface area contributed by atoms with E-state index < -0.39 is 0 Å². The largest absolute Gasteiger partial charge is 0.497 e. The minimum atomic E-state index is -0.223. The summed E-state index contributed by atoms with van der Waals surface area (Å²) in [6, 6.07) is 10.8. The van der Waals surface area contributed by atoms with E-state index in [9.17, 15) is 4.79 Å². The fourth-order valence-electron chi connectivity index (χ4n) is 1.95. The third-order valence-electron chi connectivity index (χ3n) is 3.36. The third kappa shape index (κ3) is 2.74. The second-order valence-electron chi connectivity index (χ2n) is 4.65. The van der Waals surface area contributed by atoms with Gasteiger partial charge in [-0.3, -0.25) is 4.79 Å². The average Bonchev–Trinajstić information content (AvgIpc) is 2.43. The van der Waals surface area contributed by atoms with Crippen molar-refractivity contribution in [1.82, 2.24) is 0 Å². The summed E-state index contributed by atoms with van der Waals surface area (Å²) in [5, 5.41) is 2.89. The van der Waals surface area contributed by atoms with Crippen molar-refractivity contribution in [2.75, 3.05) is 18.2 Å². The van der Waals surface area contributed by atoms with Gasteiger partial charge in [0.25, 0.3) is 5.91 Å². The topological polar surface area (TPSA) is 64.3 Å². The number of amides is 1. The van der Waals surface area contributed by atoms with E-state index >= 15 is 0 Å². The molecule has 4 nitrogen and oxygen atoms in total. The van der Waals surface area contributed by atoms with Gasteiger partial charge >= 0.3 is 0 Å². The maximum atomic E-state index is 12.3. The highest BCUT2D eigenvalue weighted by atomic mass is 16.5. The van der Waals surface area contributed by atoms with Crippen LogP contribution in [0.1, 0.15) is 21.5 Å². The van der Waals surface area contributed by atoms with Crippen molar-refractivity contribution in [2.24, 2.45) is 0 Å². The van der Waals surface area contributed by atoms with Gasteiger partial charge < -0.3 is 15.8 Å². The summed E-state index contributed by atoms with van der Waals surface area (Å²) in [5.41, 5.74) is 9.69. The molecule has 0 aliphatic carbocycles. The molecule has 0 fully saturated rings. The SMILES string of the molecule is COc1ccc(C(=O)Nc2cccc(C)c2C)c(N)c1. The fraction of sp³-hybridized carbons (Fsp3) is 0.188. The predicted molar refractivity (Wildman–Crippen MR) is 81.3 cm³/mol. The summed E-state index contributed by atoms with van der Waals surface area (Å²) in [7, 11) is 1.56. The molecule has 2 aromatic rings. The van der Waals surface area contributed by atoms with E-state index in [0.29, 0.717) is 17.0 Å². The second-order valence-corrected chi connectivity index (χ2v) is 4.65. The first kappa shape index (κ1) is 13.9. The van der Waals surface area contributed by atoms with Crippen LogP contribution in [0, 0.1) is 13.8 Å². The number of hydrogen-bond acceptors (Lipinski definition) is 3. The highest BCUT2D eigenvalue weighted by Gasteiger charge is 2.12. The van der Waals surface area contributed by atoms with E-state index in [-0.39, 0.29) is 5.91 Å². The van der Waals surface area contributed by atoms with Gasteiger partial charge in [-0.15, -0.1) is 0 Å². The Morgan fingerprint density at radius 3 is 2.60 bits per heavy atom. The molecule has 20 heavy (non-hydrogen) atoms. The Kier molecular flexibility index (Phi) is 3.94. The molecule has 0 aromatic heterocycles. The smallest absolute Gasteiger partial charge is 0.257 e. The summed E-state index contributed by atoms with van der Waals surface area (Å²) in [6.45, 7) is 3.98. The van der Waals surface area contributed by atoms with Crippen LogP contribution in [0.4, 0.5) is 11.4 Å². The average molecular weight is 270 g/mol. The number of anilines is 2. The van der Waals surface area contributed by atoms with Gasteiger partial charge in [-0.05, 0) is 43.2 Å². The molecule has 0 aliphatic heterocycles. The van der Waals surface area contributed by atoms with Gasteiger partial charge in [0, 0.05) is 17.4 Å². The van der Waals surface area contributed by atoms with Gasteiger partial charge in [-0.25, -0.2) is 0 Å². The van der Waals surface area contributed by atoms with Gasteiger partial charge in [0.05, 0.1) is 12.7 Å². The number of nitrogens with two attached hydrogens (primary N) is 1. The van der Waals surface area contributed by atoms with Crippen LogP contribution in [-0.2, 0) is 0 Å². The molecule has 0 radical (unpaired) electrons. The number of methoxy groups -OCH3 is 1. The number of hydrogen-bond donors (Lipinski definition) is 2. The molecule has 0 atom stereocenters. The first-order valence-electron chi connectivity index (χ1n) is 6.34. The maximum Gasteiger partial charge on any atom is 0.257 e. The summed E-state index contributed by atoms with van der Waals surface area (Å²) >= 11 is 0. The Labute approximate surface area is 118 Å². The van der Waals surface area contributed by atoms with Gasteiger partial charge in [-0.1, -0.05) is 12.1 Å². The molecule has 3 N–H and O–H groups in total. The molecule has 0 spiro atoms. The Bertz CT molecular complexity index is 651. The lowest BCUT2D eigenvalue weighted by Gasteiger charge is -2.12. The Hall–Kier alpha value is -2.49. The predicted octanol–water partition coefficient (Wildman–Crippen LogP) is 3.15. The lowest BCUT2D eigenvalue weighted by Crippen LogP contribution is -2.15. The van der Waals surface area contributed by atoms with Crippen LogP contribution in [0.15, 0.2) is 36.4 Å². The zero-order chi connectivity index (χ0) is 14.7. The van der Waals surface area contributed by atoms with Crippen molar-refractivity contribution in [3.05, 3.63) is 53.1 Å². The molecule has 0 bridgehead atoms. The molecule has 1 amide bonds. The molecule has 0 saturated carbocycles. The molecule has 0 heterocycles. The molecule has 104 valence electrons. The van der Waals surface area contributed by atoms with Crippen molar-refractivity contribution in [1.29, 1.82) is 0 Å². The minimum absolute atomic E-state index is 0.223. The molecule has 2 rings (SSSR count). The van der Waals surface area contributed by atoms with E-state index in [0.717, 1.165) is 16.8 Å². The zero-order valence-electron chi connectivity index (χ0n) is 11.9. The van der Waals surface area contributed by atoms with Gasteiger partial charge in [0.15, 0.2) is 0 Å². The molecule has 0 aliphatic rings. The summed E-state index contributed by atoms with van der Waals surface area (Å²) in [5.74, 6) is 0.407. The molecule has 0 unspecified atom stereocenters. The van der Waals surface area contributed by atoms with Crippen LogP contribution in [0.3, 0.4) is 0 Å². The van der Waals surface area contributed by atoms with Gasteiger partial charge in [-0.2, -0.15) is 0 Å². The van der Waals surface area contributed by atoms with Crippen molar-refractivity contribution >= 4 is 17.3 Å². The number of rotatable bonds is 3. The first-order chi connectivity index (χ1) is 9.52. The highest BCUT2D eigenvalue weighted by Crippen LogP contribution is 2.23. The number of aryl methyl sites for hydroxylation is 1. The van der Waals surface area contributed by atoms with Crippen LogP contribution in [-0.4, -0.2) is 13.0 Å². The number of carbonyl (C=O) groups excluding carboxylic acids is 1. The van der Waals surface area contributed by atoms with Gasteiger partial charge in [0.1, 0.15) is 5.75 Å². The van der Waals surface area contributed by atoms with Gasteiger partial charge in [0.2, 0.25) is 0 Å². The Morgan fingerprint density at radius 2 is 1.95 bits per heavy atom. The number of ether oxygens (including phenoxy) is 1. The fourth-order valence-corrected chi connectivity index (χ4v) is 1.95. The second kappa shape index (κ2) is 5.65. The van der Waals surface area contributed by atoms with Crippen molar-refractivity contribution < 1.29 is 9.53 Å². The van der Waals surface area contributed by atoms with Crippen LogP contribution < -0.4 is 15.8 Å². The first-order valence-corrected chi connectivity index (χ1v) is 6.34. The Balaban J connectivity index is 2.26. The van der Waals surface area contributed by atoms with Crippen molar-refractivity contribution in [3.8, 4) is 5.75 Å². The zero-order valence-corrected chi connectivity index (χ0v) is 11.9. The van der Waals surface area contributed by atoms with Crippen LogP contribution in [0.25, 0.3) is 0 Å². The van der Waals surface area contributed by atoms with Crippen molar-refractivity contribution in [3.63, 3.8) is 0 Å². The number of benzene rings is 2. The molecule has 0 saturated heterocycles. The molecular formula is C16H18N2O2. The van der Waals surface area contributed by atoms with E-state index in [1.807, 2.05) is 32.0 Å². The highest BCUT2D eigenvalue weighted by molar-refractivity contribution is 6.08. The van der Waals surface area contributed by atoms with E-state index in [2.05, 4.69) is 5.32 Å². The van der Waals surface area contributed by atoms with Crippen LogP contribution in [0.2, 0.25) is 0 Å². The number of carbonyl (C=O) groups is 1. The standard InChI is InChI=1S/C16H18N2O2/c1-10-5-4-6-15(11(10)2)18-16(19)13-8-7-12(20-3)9-14(13)17/h4-9H,17H2,1-3H3,(H,18,19). The maximum absolute atomic E-state index is 12.3. The Morgan fingerprint density at radius 1 is 1.20 bits per heavy atom. The molecule has 4 heteroatoms. The third-order valence-corrected chi connectivity index (χ3v) is 3.36. The molecule has 2 aromatic carbocycles. The quantitative estimate of drug-likeness (QED) is 0.842. The number of nitrogens with one attached hydrogen (secondary N) is 1. The summed E-state index contributed by atoms with van der Waals surface area (Å²) in [4.78, 5) is 12.3. The molecular weight excluding hydrogens is 252 g/mol. The van der Waals surface area contributed by atoms with Crippen LogP contribution in [0.5, 0.6) is 5.75 Å². The monoisotopic (exact) mass is 270 g/mol. The minimum Gasteiger partial charge on any atom is -0.497 e. The van der Waals surface area contributed by atoms with Crippen molar-refractivity contribution in [2.45, 2.75) is 13.8 Å². The summed E-state index contributed by atoms with van der Waals surface area (Å²) in [6.07, 6.45) is 0. The van der Waals surface area contributed by atoms with E-state index in [4.69, 9.17) is 10.5 Å². The van der Waals surface area contributed by atoms with E-state index in [1.165, 1.54) is 0 Å².